The van der Waals surface area contributed by atoms with Crippen LogP contribution in [0.25, 0.3) is 0 Å². The Morgan fingerprint density at radius 2 is 1.83 bits per heavy atom. The molecular formula is C15H12F2O. The Kier molecular flexibility index (Phi) is 3.72. The molecule has 0 atom stereocenters. The molecular weight excluding hydrogens is 234 g/mol. The highest BCUT2D eigenvalue weighted by Gasteiger charge is 2.07. The number of halogens is 2. The maximum atomic E-state index is 13.6. The van der Waals surface area contributed by atoms with Crippen LogP contribution in [0.5, 0.6) is 11.5 Å². The first-order valence-electron chi connectivity index (χ1n) is 5.50. The summed E-state index contributed by atoms with van der Waals surface area (Å²) in [5, 5.41) is 0. The molecule has 2 aromatic rings. The lowest BCUT2D eigenvalue weighted by molar-refractivity contribution is 0.441. The SMILES string of the molecule is C=C(F)Cc1ccc(F)c(Oc2ccccc2)c1. The van der Waals surface area contributed by atoms with Crippen LogP contribution in [0.3, 0.4) is 0 Å². The van der Waals surface area contributed by atoms with Crippen molar-refractivity contribution in [2.75, 3.05) is 0 Å². The number of ether oxygens (including phenoxy) is 1. The number of hydrogen-bond donors (Lipinski definition) is 0. The molecule has 0 aromatic heterocycles. The van der Waals surface area contributed by atoms with Crippen molar-refractivity contribution in [3.05, 3.63) is 72.3 Å². The zero-order valence-electron chi connectivity index (χ0n) is 9.70. The Balaban J connectivity index is 2.24. The Labute approximate surface area is 104 Å². The van der Waals surface area contributed by atoms with Crippen LogP contribution in [0.15, 0.2) is 60.9 Å². The van der Waals surface area contributed by atoms with E-state index in [9.17, 15) is 8.78 Å². The average molecular weight is 246 g/mol. The molecule has 0 spiro atoms. The van der Waals surface area contributed by atoms with E-state index in [0.717, 1.165) is 0 Å². The number of benzene rings is 2. The standard InChI is InChI=1S/C15H12F2O/c1-11(16)9-12-7-8-14(17)15(10-12)18-13-5-3-2-4-6-13/h2-8,10H,1,9H2. The average Bonchev–Trinajstić information content (AvgIpc) is 2.34. The summed E-state index contributed by atoms with van der Waals surface area (Å²) < 4.78 is 31.7. The van der Waals surface area contributed by atoms with Gasteiger partial charge >= 0.3 is 0 Å². The molecule has 18 heavy (non-hydrogen) atoms. The molecule has 0 N–H and O–H groups in total. The fraction of sp³-hybridized carbons (Fsp3) is 0.0667. The van der Waals surface area contributed by atoms with E-state index >= 15 is 0 Å². The minimum atomic E-state index is -0.480. The minimum Gasteiger partial charge on any atom is -0.454 e. The molecule has 0 saturated heterocycles. The predicted molar refractivity (Wildman–Crippen MR) is 66.9 cm³/mol. The van der Waals surface area contributed by atoms with E-state index in [4.69, 9.17) is 4.74 Å². The third kappa shape index (κ3) is 3.17. The zero-order valence-corrected chi connectivity index (χ0v) is 9.70. The van der Waals surface area contributed by atoms with E-state index < -0.39 is 11.6 Å². The van der Waals surface area contributed by atoms with E-state index in [2.05, 4.69) is 6.58 Å². The molecule has 0 radical (unpaired) electrons. The summed E-state index contributed by atoms with van der Waals surface area (Å²) in [5.41, 5.74) is 0.620. The first-order valence-corrected chi connectivity index (χ1v) is 5.50. The molecule has 2 aromatic carbocycles. The second kappa shape index (κ2) is 5.45. The van der Waals surface area contributed by atoms with Gasteiger partial charge in [-0.25, -0.2) is 8.78 Å². The Morgan fingerprint density at radius 1 is 1.11 bits per heavy atom. The van der Waals surface area contributed by atoms with Crippen molar-refractivity contribution in [1.82, 2.24) is 0 Å². The molecule has 0 aliphatic carbocycles. The number of para-hydroxylation sites is 1. The van der Waals surface area contributed by atoms with Gasteiger partial charge in [-0.15, -0.1) is 0 Å². The largest absolute Gasteiger partial charge is 0.454 e. The van der Waals surface area contributed by atoms with Crippen molar-refractivity contribution >= 4 is 0 Å². The summed E-state index contributed by atoms with van der Waals surface area (Å²) in [5.74, 6) is -0.327. The third-order valence-corrected chi connectivity index (χ3v) is 2.36. The summed E-state index contributed by atoms with van der Waals surface area (Å²) in [6.07, 6.45) is 0.0609. The number of rotatable bonds is 4. The lowest BCUT2D eigenvalue weighted by Gasteiger charge is -2.08. The summed E-state index contributed by atoms with van der Waals surface area (Å²) in [7, 11) is 0. The molecule has 92 valence electrons. The van der Waals surface area contributed by atoms with Crippen molar-refractivity contribution < 1.29 is 13.5 Å². The quantitative estimate of drug-likeness (QED) is 0.763. The molecule has 0 unspecified atom stereocenters. The van der Waals surface area contributed by atoms with E-state index in [1.54, 1.807) is 24.3 Å². The van der Waals surface area contributed by atoms with Gasteiger partial charge in [-0.3, -0.25) is 0 Å². The van der Waals surface area contributed by atoms with Gasteiger partial charge in [0.1, 0.15) is 5.75 Å². The molecule has 1 nitrogen and oxygen atoms in total. The van der Waals surface area contributed by atoms with Gasteiger partial charge in [0, 0.05) is 6.42 Å². The summed E-state index contributed by atoms with van der Waals surface area (Å²) in [4.78, 5) is 0. The molecule has 2 rings (SSSR count). The number of hydrogen-bond acceptors (Lipinski definition) is 1. The maximum absolute atomic E-state index is 13.6. The van der Waals surface area contributed by atoms with Crippen molar-refractivity contribution in [3.63, 3.8) is 0 Å². The zero-order chi connectivity index (χ0) is 13.0. The molecule has 0 heterocycles. The second-order valence-corrected chi connectivity index (χ2v) is 3.87. The van der Waals surface area contributed by atoms with Crippen LogP contribution in [0.1, 0.15) is 5.56 Å². The van der Waals surface area contributed by atoms with Crippen molar-refractivity contribution in [3.8, 4) is 11.5 Å². The van der Waals surface area contributed by atoms with Crippen LogP contribution in [0.4, 0.5) is 8.78 Å². The molecule has 3 heteroatoms. The van der Waals surface area contributed by atoms with E-state index in [1.807, 2.05) is 6.07 Å². The Bertz CT molecular complexity index is 550. The van der Waals surface area contributed by atoms with Crippen LogP contribution < -0.4 is 4.74 Å². The third-order valence-electron chi connectivity index (χ3n) is 2.36. The van der Waals surface area contributed by atoms with Crippen LogP contribution in [0, 0.1) is 5.82 Å². The summed E-state index contributed by atoms with van der Waals surface area (Å²) in [6.45, 7) is 3.19. The van der Waals surface area contributed by atoms with Crippen LogP contribution in [0.2, 0.25) is 0 Å². The van der Waals surface area contributed by atoms with Crippen molar-refractivity contribution in [2.24, 2.45) is 0 Å². The fourth-order valence-corrected chi connectivity index (χ4v) is 1.57. The smallest absolute Gasteiger partial charge is 0.165 e. The highest BCUT2D eigenvalue weighted by molar-refractivity contribution is 5.36. The molecule has 0 amide bonds. The first kappa shape index (κ1) is 12.3. The minimum absolute atomic E-state index is 0.0609. The van der Waals surface area contributed by atoms with E-state index in [0.29, 0.717) is 11.3 Å². The first-order chi connectivity index (χ1) is 8.65. The highest BCUT2D eigenvalue weighted by atomic mass is 19.1. The lowest BCUT2D eigenvalue weighted by Crippen LogP contribution is -1.91. The lowest BCUT2D eigenvalue weighted by atomic mass is 10.1. The van der Waals surface area contributed by atoms with Gasteiger partial charge in [0.25, 0.3) is 0 Å². The predicted octanol–water partition coefficient (Wildman–Crippen LogP) is 4.64. The summed E-state index contributed by atoms with van der Waals surface area (Å²) in [6, 6.07) is 13.1. The van der Waals surface area contributed by atoms with Gasteiger partial charge in [-0.1, -0.05) is 30.8 Å². The highest BCUT2D eigenvalue weighted by Crippen LogP contribution is 2.26. The second-order valence-electron chi connectivity index (χ2n) is 3.87. The maximum Gasteiger partial charge on any atom is 0.165 e. The van der Waals surface area contributed by atoms with Crippen molar-refractivity contribution in [2.45, 2.75) is 6.42 Å². The monoisotopic (exact) mass is 246 g/mol. The van der Waals surface area contributed by atoms with Gasteiger partial charge < -0.3 is 4.74 Å². The topological polar surface area (TPSA) is 9.23 Å². The molecule has 0 saturated carbocycles. The van der Waals surface area contributed by atoms with Gasteiger partial charge in [-0.2, -0.15) is 0 Å². The van der Waals surface area contributed by atoms with Crippen LogP contribution in [-0.4, -0.2) is 0 Å². The van der Waals surface area contributed by atoms with E-state index in [1.165, 1.54) is 18.2 Å². The summed E-state index contributed by atoms with van der Waals surface area (Å²) >= 11 is 0. The van der Waals surface area contributed by atoms with Gasteiger partial charge in [0.15, 0.2) is 11.6 Å². The van der Waals surface area contributed by atoms with Gasteiger partial charge in [0.05, 0.1) is 5.83 Å². The van der Waals surface area contributed by atoms with Gasteiger partial charge in [-0.05, 0) is 29.8 Å². The van der Waals surface area contributed by atoms with Crippen molar-refractivity contribution in [1.29, 1.82) is 0 Å². The Morgan fingerprint density at radius 3 is 2.50 bits per heavy atom. The van der Waals surface area contributed by atoms with Gasteiger partial charge in [0.2, 0.25) is 0 Å². The van der Waals surface area contributed by atoms with Crippen LogP contribution in [-0.2, 0) is 6.42 Å². The number of allylic oxidation sites excluding steroid dienone is 1. The normalized spacial score (nSPS) is 10.1. The molecule has 0 aliphatic heterocycles. The molecule has 0 aliphatic rings. The van der Waals surface area contributed by atoms with Crippen LogP contribution >= 0.6 is 0 Å². The Hall–Kier alpha value is -2.16. The van der Waals surface area contributed by atoms with E-state index in [-0.39, 0.29) is 12.2 Å². The fourth-order valence-electron chi connectivity index (χ4n) is 1.57. The molecule has 0 bridgehead atoms. The molecule has 0 fully saturated rings.